The zero-order chi connectivity index (χ0) is 11.0. The zero-order valence-corrected chi connectivity index (χ0v) is 9.51. The first-order valence-corrected chi connectivity index (χ1v) is 4.79. The lowest BCUT2D eigenvalue weighted by atomic mass is 9.79. The van der Waals surface area contributed by atoms with Crippen molar-refractivity contribution in [3.63, 3.8) is 0 Å². The number of hydrogen-bond donors (Lipinski definition) is 1. The van der Waals surface area contributed by atoms with Crippen molar-refractivity contribution < 1.29 is 4.79 Å². The summed E-state index contributed by atoms with van der Waals surface area (Å²) in [5, 5.41) is 7.00. The van der Waals surface area contributed by atoms with Crippen LogP contribution in [0.2, 0.25) is 0 Å². The number of nitrogens with zero attached hydrogens (tertiary/aromatic N) is 1. The molecule has 0 radical (unpaired) electrons. The highest BCUT2D eigenvalue weighted by molar-refractivity contribution is 5.67. The van der Waals surface area contributed by atoms with E-state index < -0.39 is 5.41 Å². The molecule has 1 rings (SSSR count). The van der Waals surface area contributed by atoms with Gasteiger partial charge in [-0.1, -0.05) is 20.8 Å². The summed E-state index contributed by atoms with van der Waals surface area (Å²) in [6.07, 6.45) is 2.71. The van der Waals surface area contributed by atoms with Crippen molar-refractivity contribution in [2.45, 2.75) is 45.4 Å². The number of aromatic amines is 1. The van der Waals surface area contributed by atoms with Gasteiger partial charge in [-0.15, -0.1) is 0 Å². The van der Waals surface area contributed by atoms with E-state index in [0.717, 1.165) is 17.5 Å². The summed E-state index contributed by atoms with van der Waals surface area (Å²) in [5.74, 6) is 0. The highest BCUT2D eigenvalue weighted by atomic mass is 16.1. The number of H-pyrrole nitrogens is 1. The van der Waals surface area contributed by atoms with Gasteiger partial charge in [-0.25, -0.2) is 0 Å². The topological polar surface area (TPSA) is 45.8 Å². The molecule has 1 N–H and O–H groups in total. The maximum atomic E-state index is 11.0. The molecular formula is C11H18N2O. The molecule has 78 valence electrons. The minimum Gasteiger partial charge on any atom is -0.302 e. The Morgan fingerprint density at radius 2 is 1.86 bits per heavy atom. The fourth-order valence-corrected chi connectivity index (χ4v) is 1.41. The van der Waals surface area contributed by atoms with E-state index in [0.29, 0.717) is 0 Å². The maximum absolute atomic E-state index is 11.0. The van der Waals surface area contributed by atoms with Crippen LogP contribution in [0.15, 0.2) is 6.20 Å². The average Bonchev–Trinajstić information content (AvgIpc) is 2.51. The van der Waals surface area contributed by atoms with Crippen LogP contribution in [0.5, 0.6) is 0 Å². The van der Waals surface area contributed by atoms with Crippen LogP contribution in [-0.4, -0.2) is 16.5 Å². The number of rotatable bonds is 2. The molecule has 0 amide bonds. The van der Waals surface area contributed by atoms with Gasteiger partial charge >= 0.3 is 0 Å². The first-order chi connectivity index (χ1) is 6.29. The third-order valence-electron chi connectivity index (χ3n) is 2.38. The van der Waals surface area contributed by atoms with Crippen molar-refractivity contribution in [3.8, 4) is 0 Å². The lowest BCUT2D eigenvalue weighted by Gasteiger charge is -2.24. The molecule has 1 aromatic rings. The second-order valence-corrected chi connectivity index (χ2v) is 5.25. The maximum Gasteiger partial charge on any atom is 0.130 e. The number of hydrogen-bond acceptors (Lipinski definition) is 2. The van der Waals surface area contributed by atoms with E-state index in [1.165, 1.54) is 0 Å². The predicted octanol–water partition coefficient (Wildman–Crippen LogP) is 2.18. The van der Waals surface area contributed by atoms with Gasteiger partial charge in [-0.05, 0) is 13.8 Å². The lowest BCUT2D eigenvalue weighted by Crippen LogP contribution is -2.24. The third kappa shape index (κ3) is 1.86. The van der Waals surface area contributed by atoms with Crippen molar-refractivity contribution in [1.82, 2.24) is 10.2 Å². The second-order valence-electron chi connectivity index (χ2n) is 5.25. The van der Waals surface area contributed by atoms with Crippen LogP contribution in [0.4, 0.5) is 0 Å². The Morgan fingerprint density at radius 3 is 2.29 bits per heavy atom. The SMILES string of the molecule is CC(C)(C)c1[nH]ncc1C(C)(C)C=O. The van der Waals surface area contributed by atoms with Crippen LogP contribution >= 0.6 is 0 Å². The van der Waals surface area contributed by atoms with Gasteiger partial charge in [-0.3, -0.25) is 5.10 Å². The minimum absolute atomic E-state index is 0.00782. The van der Waals surface area contributed by atoms with E-state index in [1.807, 2.05) is 13.8 Å². The molecule has 0 bridgehead atoms. The summed E-state index contributed by atoms with van der Waals surface area (Å²) in [4.78, 5) is 11.0. The van der Waals surface area contributed by atoms with Gasteiger partial charge in [0.15, 0.2) is 0 Å². The molecule has 3 nitrogen and oxygen atoms in total. The molecule has 0 aliphatic heterocycles. The molecule has 0 unspecified atom stereocenters. The van der Waals surface area contributed by atoms with Gasteiger partial charge in [0, 0.05) is 22.1 Å². The van der Waals surface area contributed by atoms with Crippen molar-refractivity contribution in [1.29, 1.82) is 0 Å². The summed E-state index contributed by atoms with van der Waals surface area (Å²) in [5.41, 5.74) is 1.55. The van der Waals surface area contributed by atoms with Gasteiger partial charge in [-0.2, -0.15) is 5.10 Å². The number of aldehydes is 1. The highest BCUT2D eigenvalue weighted by Gasteiger charge is 2.29. The lowest BCUT2D eigenvalue weighted by molar-refractivity contribution is -0.111. The second kappa shape index (κ2) is 3.23. The third-order valence-corrected chi connectivity index (χ3v) is 2.38. The molecule has 0 saturated heterocycles. The Morgan fingerprint density at radius 1 is 1.29 bits per heavy atom. The number of carbonyl (C=O) groups excluding carboxylic acids is 1. The molecule has 0 spiro atoms. The Kier molecular flexibility index (Phi) is 2.52. The average molecular weight is 194 g/mol. The van der Waals surface area contributed by atoms with Gasteiger partial charge in [0.2, 0.25) is 0 Å². The van der Waals surface area contributed by atoms with E-state index >= 15 is 0 Å². The van der Waals surface area contributed by atoms with E-state index in [9.17, 15) is 4.79 Å². The van der Waals surface area contributed by atoms with Crippen LogP contribution in [0.3, 0.4) is 0 Å². The van der Waals surface area contributed by atoms with Gasteiger partial charge in [0.1, 0.15) is 6.29 Å². The van der Waals surface area contributed by atoms with Crippen molar-refractivity contribution in [2.75, 3.05) is 0 Å². The number of nitrogens with one attached hydrogen (secondary N) is 1. The van der Waals surface area contributed by atoms with E-state index in [4.69, 9.17) is 0 Å². The molecule has 0 aliphatic rings. The fraction of sp³-hybridized carbons (Fsp3) is 0.636. The Bertz CT molecular complexity index is 331. The van der Waals surface area contributed by atoms with Crippen molar-refractivity contribution in [2.24, 2.45) is 0 Å². The summed E-state index contributed by atoms with van der Waals surface area (Å²) in [7, 11) is 0. The molecule has 0 saturated carbocycles. The van der Waals surface area contributed by atoms with Gasteiger partial charge in [0.05, 0.1) is 6.20 Å². The number of carbonyl (C=O) groups is 1. The first-order valence-electron chi connectivity index (χ1n) is 4.79. The van der Waals surface area contributed by atoms with Crippen LogP contribution in [0.1, 0.15) is 45.9 Å². The van der Waals surface area contributed by atoms with E-state index in [-0.39, 0.29) is 5.41 Å². The highest BCUT2D eigenvalue weighted by Crippen LogP contribution is 2.30. The molecular weight excluding hydrogens is 176 g/mol. The van der Waals surface area contributed by atoms with E-state index in [2.05, 4.69) is 31.0 Å². The number of aromatic nitrogens is 2. The van der Waals surface area contributed by atoms with Crippen molar-refractivity contribution >= 4 is 6.29 Å². The quantitative estimate of drug-likeness (QED) is 0.733. The minimum atomic E-state index is -0.463. The molecule has 0 aliphatic carbocycles. The normalized spacial score (nSPS) is 12.9. The fourth-order valence-electron chi connectivity index (χ4n) is 1.41. The first kappa shape index (κ1) is 11.0. The standard InChI is InChI=1S/C11H18N2O/c1-10(2,3)9-8(6-12-13-9)11(4,5)7-14/h6-7H,1-5H3,(H,12,13). The van der Waals surface area contributed by atoms with Crippen LogP contribution in [0.25, 0.3) is 0 Å². The smallest absolute Gasteiger partial charge is 0.130 e. The van der Waals surface area contributed by atoms with Gasteiger partial charge in [0.25, 0.3) is 0 Å². The Hall–Kier alpha value is -1.12. The molecule has 0 fully saturated rings. The summed E-state index contributed by atoms with van der Waals surface area (Å²) >= 11 is 0. The molecule has 3 heteroatoms. The van der Waals surface area contributed by atoms with Crippen LogP contribution < -0.4 is 0 Å². The van der Waals surface area contributed by atoms with Crippen LogP contribution in [0, 0.1) is 0 Å². The summed E-state index contributed by atoms with van der Waals surface area (Å²) < 4.78 is 0. The Labute approximate surface area is 84.9 Å². The molecule has 14 heavy (non-hydrogen) atoms. The largest absolute Gasteiger partial charge is 0.302 e. The van der Waals surface area contributed by atoms with Crippen LogP contribution in [-0.2, 0) is 15.6 Å². The van der Waals surface area contributed by atoms with E-state index in [1.54, 1.807) is 6.20 Å². The van der Waals surface area contributed by atoms with Gasteiger partial charge < -0.3 is 4.79 Å². The van der Waals surface area contributed by atoms with Crippen molar-refractivity contribution in [3.05, 3.63) is 17.5 Å². The molecule has 1 aromatic heterocycles. The molecule has 0 atom stereocenters. The Balaban J connectivity index is 3.24. The summed E-state index contributed by atoms with van der Waals surface area (Å²) in [6, 6.07) is 0. The predicted molar refractivity (Wildman–Crippen MR) is 56.4 cm³/mol. The molecule has 1 heterocycles. The summed E-state index contributed by atoms with van der Waals surface area (Å²) in [6.45, 7) is 10.1. The monoisotopic (exact) mass is 194 g/mol. The zero-order valence-electron chi connectivity index (χ0n) is 9.51. The molecule has 0 aromatic carbocycles.